The Hall–Kier alpha value is -2.53. The van der Waals surface area contributed by atoms with Gasteiger partial charge in [0.05, 0.1) is 7.11 Å². The number of hydrogen-bond acceptors (Lipinski definition) is 3. The van der Waals surface area contributed by atoms with Crippen LogP contribution >= 0.6 is 0 Å². The second kappa shape index (κ2) is 9.69. The van der Waals surface area contributed by atoms with Crippen molar-refractivity contribution in [3.8, 4) is 5.75 Å². The highest BCUT2D eigenvalue weighted by atomic mass is 16.5. The highest BCUT2D eigenvalue weighted by Crippen LogP contribution is 2.13. The van der Waals surface area contributed by atoms with Crippen LogP contribution in [0.2, 0.25) is 0 Å². The van der Waals surface area contributed by atoms with Gasteiger partial charge in [-0.1, -0.05) is 38.1 Å². The first-order valence-electron chi connectivity index (χ1n) is 8.63. The normalized spacial score (nSPS) is 10.6. The number of rotatable bonds is 8. The van der Waals surface area contributed by atoms with Gasteiger partial charge in [-0.15, -0.1) is 0 Å². The molecule has 0 bridgehead atoms. The Labute approximate surface area is 150 Å². The lowest BCUT2D eigenvalue weighted by Gasteiger charge is -2.18. The van der Waals surface area contributed by atoms with Gasteiger partial charge in [0.1, 0.15) is 5.75 Å². The molecule has 0 fully saturated rings. The number of nitrogens with one attached hydrogen (secondary N) is 2. The molecule has 2 aromatic rings. The largest absolute Gasteiger partial charge is 0.497 e. The van der Waals surface area contributed by atoms with Crippen LogP contribution in [0.5, 0.6) is 5.75 Å². The van der Waals surface area contributed by atoms with E-state index < -0.39 is 0 Å². The molecule has 5 nitrogen and oxygen atoms in total. The minimum atomic E-state index is -0.215. The first-order chi connectivity index (χ1) is 12.1. The number of carbonyl (C=O) groups is 1. The van der Waals surface area contributed by atoms with Crippen LogP contribution in [0.15, 0.2) is 48.5 Å². The predicted octanol–water partition coefficient (Wildman–Crippen LogP) is 3.86. The van der Waals surface area contributed by atoms with Crippen molar-refractivity contribution in [3.05, 3.63) is 59.7 Å². The van der Waals surface area contributed by atoms with Gasteiger partial charge in [0, 0.05) is 18.8 Å². The lowest BCUT2D eigenvalue weighted by atomic mass is 10.2. The molecule has 0 aliphatic rings. The average Bonchev–Trinajstić information content (AvgIpc) is 2.66. The van der Waals surface area contributed by atoms with Crippen LogP contribution in [-0.2, 0) is 13.1 Å². The Balaban J connectivity index is 1.81. The summed E-state index contributed by atoms with van der Waals surface area (Å²) < 4.78 is 5.12. The lowest BCUT2D eigenvalue weighted by Crippen LogP contribution is -2.28. The third-order valence-corrected chi connectivity index (χ3v) is 4.12. The summed E-state index contributed by atoms with van der Waals surface area (Å²) in [6.07, 6.45) is 0. The van der Waals surface area contributed by atoms with Gasteiger partial charge < -0.3 is 15.4 Å². The number of hydrogen-bond donors (Lipinski definition) is 2. The van der Waals surface area contributed by atoms with Crippen molar-refractivity contribution in [2.75, 3.05) is 25.5 Å². The molecule has 25 heavy (non-hydrogen) atoms. The molecule has 0 radical (unpaired) electrons. The van der Waals surface area contributed by atoms with E-state index >= 15 is 0 Å². The van der Waals surface area contributed by atoms with Crippen molar-refractivity contribution in [3.63, 3.8) is 0 Å². The molecular weight excluding hydrogens is 314 g/mol. The van der Waals surface area contributed by atoms with Gasteiger partial charge in [0.2, 0.25) is 0 Å². The van der Waals surface area contributed by atoms with Crippen LogP contribution in [0.1, 0.15) is 25.0 Å². The van der Waals surface area contributed by atoms with E-state index in [0.29, 0.717) is 6.54 Å². The summed E-state index contributed by atoms with van der Waals surface area (Å²) in [4.78, 5) is 14.4. The van der Waals surface area contributed by atoms with Crippen LogP contribution in [0.4, 0.5) is 10.5 Å². The van der Waals surface area contributed by atoms with Gasteiger partial charge in [0.15, 0.2) is 0 Å². The van der Waals surface area contributed by atoms with Crippen molar-refractivity contribution in [1.29, 1.82) is 0 Å². The Kier molecular flexibility index (Phi) is 7.29. The van der Waals surface area contributed by atoms with Crippen molar-refractivity contribution in [2.24, 2.45) is 0 Å². The Morgan fingerprint density at radius 2 is 1.56 bits per heavy atom. The number of nitrogens with zero attached hydrogens (tertiary/aromatic N) is 1. The van der Waals surface area contributed by atoms with Crippen molar-refractivity contribution < 1.29 is 9.53 Å². The topological polar surface area (TPSA) is 53.6 Å². The maximum atomic E-state index is 12.0. The molecule has 5 heteroatoms. The van der Waals surface area contributed by atoms with Crippen LogP contribution in [-0.4, -0.2) is 31.1 Å². The molecule has 2 N–H and O–H groups in total. The van der Waals surface area contributed by atoms with E-state index in [9.17, 15) is 4.79 Å². The summed E-state index contributed by atoms with van der Waals surface area (Å²) in [6.45, 7) is 7.78. The molecule has 0 saturated carbocycles. The van der Waals surface area contributed by atoms with Crippen LogP contribution < -0.4 is 15.4 Å². The second-order valence-corrected chi connectivity index (χ2v) is 5.81. The SMILES string of the molecule is CCN(CC)Cc1ccc(NC(=O)NCc2ccc(OC)cc2)cc1. The van der Waals surface area contributed by atoms with Gasteiger partial charge in [-0.05, 0) is 48.5 Å². The summed E-state index contributed by atoms with van der Waals surface area (Å²) in [5, 5.41) is 5.71. The fourth-order valence-corrected chi connectivity index (χ4v) is 2.50. The Morgan fingerprint density at radius 1 is 0.960 bits per heavy atom. The van der Waals surface area contributed by atoms with E-state index in [-0.39, 0.29) is 6.03 Å². The standard InChI is InChI=1S/C20H27N3O2/c1-4-23(5-2)15-17-6-10-18(11-7-17)22-20(24)21-14-16-8-12-19(25-3)13-9-16/h6-13H,4-5,14-15H2,1-3H3,(H2,21,22,24). The van der Waals surface area contributed by atoms with Crippen LogP contribution in [0.25, 0.3) is 0 Å². The van der Waals surface area contributed by atoms with Crippen molar-refractivity contribution in [2.45, 2.75) is 26.9 Å². The zero-order valence-electron chi connectivity index (χ0n) is 15.2. The highest BCUT2D eigenvalue weighted by Gasteiger charge is 2.04. The van der Waals surface area contributed by atoms with E-state index in [4.69, 9.17) is 4.74 Å². The molecule has 2 aromatic carbocycles. The molecule has 0 aliphatic heterocycles. The second-order valence-electron chi connectivity index (χ2n) is 5.81. The van der Waals surface area contributed by atoms with Crippen LogP contribution in [0.3, 0.4) is 0 Å². The van der Waals surface area contributed by atoms with E-state index in [2.05, 4.69) is 41.5 Å². The minimum Gasteiger partial charge on any atom is -0.497 e. The highest BCUT2D eigenvalue weighted by molar-refractivity contribution is 5.89. The van der Waals surface area contributed by atoms with Gasteiger partial charge >= 0.3 is 6.03 Å². The first-order valence-corrected chi connectivity index (χ1v) is 8.63. The lowest BCUT2D eigenvalue weighted by molar-refractivity contribution is 0.251. The number of anilines is 1. The fraction of sp³-hybridized carbons (Fsp3) is 0.350. The summed E-state index contributed by atoms with van der Waals surface area (Å²) in [5.74, 6) is 0.804. The third-order valence-electron chi connectivity index (χ3n) is 4.12. The summed E-state index contributed by atoms with van der Waals surface area (Å²) in [7, 11) is 1.63. The maximum absolute atomic E-state index is 12.0. The molecule has 0 unspecified atom stereocenters. The number of ether oxygens (including phenoxy) is 1. The van der Waals surface area contributed by atoms with E-state index in [1.54, 1.807) is 7.11 Å². The Morgan fingerprint density at radius 3 is 2.12 bits per heavy atom. The average molecular weight is 341 g/mol. The molecule has 2 amide bonds. The summed E-state index contributed by atoms with van der Waals surface area (Å²) in [5.41, 5.74) is 3.05. The van der Waals surface area contributed by atoms with E-state index in [1.165, 1.54) is 5.56 Å². The molecule has 134 valence electrons. The number of carbonyl (C=O) groups excluding carboxylic acids is 1. The van der Waals surface area contributed by atoms with E-state index in [0.717, 1.165) is 36.6 Å². The van der Waals surface area contributed by atoms with Gasteiger partial charge in [-0.25, -0.2) is 4.79 Å². The summed E-state index contributed by atoms with van der Waals surface area (Å²) in [6, 6.07) is 15.4. The maximum Gasteiger partial charge on any atom is 0.319 e. The number of amides is 2. The smallest absolute Gasteiger partial charge is 0.319 e. The van der Waals surface area contributed by atoms with E-state index in [1.807, 2.05) is 36.4 Å². The van der Waals surface area contributed by atoms with Gasteiger partial charge in [-0.2, -0.15) is 0 Å². The molecular formula is C20H27N3O2. The molecule has 2 rings (SSSR count). The number of benzene rings is 2. The molecule has 0 aromatic heterocycles. The molecule has 0 aliphatic carbocycles. The monoisotopic (exact) mass is 341 g/mol. The zero-order valence-corrected chi connectivity index (χ0v) is 15.2. The zero-order chi connectivity index (χ0) is 18.1. The predicted molar refractivity (Wildman–Crippen MR) is 102 cm³/mol. The molecule has 0 saturated heterocycles. The molecule has 0 atom stereocenters. The van der Waals surface area contributed by atoms with Crippen molar-refractivity contribution >= 4 is 11.7 Å². The van der Waals surface area contributed by atoms with Gasteiger partial charge in [0.25, 0.3) is 0 Å². The number of urea groups is 1. The quantitative estimate of drug-likeness (QED) is 0.766. The van der Waals surface area contributed by atoms with Crippen molar-refractivity contribution in [1.82, 2.24) is 10.2 Å². The van der Waals surface area contributed by atoms with Crippen LogP contribution in [0, 0.1) is 0 Å². The third kappa shape index (κ3) is 6.12. The Bertz CT molecular complexity index is 650. The minimum absolute atomic E-state index is 0.215. The molecule has 0 spiro atoms. The van der Waals surface area contributed by atoms with Gasteiger partial charge in [-0.3, -0.25) is 4.90 Å². The summed E-state index contributed by atoms with van der Waals surface area (Å²) >= 11 is 0. The first kappa shape index (κ1) is 18.8. The molecule has 0 heterocycles. The fourth-order valence-electron chi connectivity index (χ4n) is 2.50. The number of methoxy groups -OCH3 is 1.